The Kier molecular flexibility index (Phi) is 4.19. The van der Waals surface area contributed by atoms with Crippen LogP contribution in [0.25, 0.3) is 0 Å². The fourth-order valence-corrected chi connectivity index (χ4v) is 3.10. The first kappa shape index (κ1) is 14.4. The number of fused-ring (bicyclic) bond motifs is 1. The lowest BCUT2D eigenvalue weighted by molar-refractivity contribution is -0.132. The summed E-state index contributed by atoms with van der Waals surface area (Å²) in [4.78, 5) is 23.4. The zero-order valence-electron chi connectivity index (χ0n) is 12.9. The molecule has 114 valence electrons. The third-order valence-corrected chi connectivity index (χ3v) is 4.26. The number of amides is 1. The van der Waals surface area contributed by atoms with Gasteiger partial charge < -0.3 is 10.2 Å². The number of nitrogens with one attached hydrogen (secondary N) is 1. The minimum Gasteiger partial charge on any atom is -0.338 e. The molecule has 0 unspecified atom stereocenters. The second-order valence-electron chi connectivity index (χ2n) is 6.51. The van der Waals surface area contributed by atoms with Crippen molar-refractivity contribution < 1.29 is 4.79 Å². The summed E-state index contributed by atoms with van der Waals surface area (Å²) in [6, 6.07) is 0.316. The summed E-state index contributed by atoms with van der Waals surface area (Å²) in [6.45, 7) is 6.68. The molecule has 1 atom stereocenters. The highest BCUT2D eigenvalue weighted by Crippen LogP contribution is 2.23. The molecule has 1 saturated heterocycles. The number of carbonyl (C=O) groups is 1. The van der Waals surface area contributed by atoms with Gasteiger partial charge in [-0.05, 0) is 25.3 Å². The Morgan fingerprint density at radius 2 is 2.38 bits per heavy atom. The Balaban J connectivity index is 1.70. The van der Waals surface area contributed by atoms with Crippen LogP contribution in [-0.4, -0.2) is 33.9 Å². The van der Waals surface area contributed by atoms with Crippen molar-refractivity contribution in [3.8, 4) is 0 Å². The molecule has 21 heavy (non-hydrogen) atoms. The lowest BCUT2D eigenvalue weighted by Gasteiger charge is -2.29. The molecular weight excluding hydrogens is 264 g/mol. The van der Waals surface area contributed by atoms with Gasteiger partial charge in [0.1, 0.15) is 5.82 Å². The normalized spacial score (nSPS) is 21.7. The van der Waals surface area contributed by atoms with Gasteiger partial charge in [-0.1, -0.05) is 13.8 Å². The number of nitrogens with zero attached hydrogens (tertiary/aromatic N) is 3. The van der Waals surface area contributed by atoms with Gasteiger partial charge in [-0.15, -0.1) is 0 Å². The van der Waals surface area contributed by atoms with Crippen LogP contribution in [0.3, 0.4) is 0 Å². The molecule has 5 heteroatoms. The monoisotopic (exact) mass is 288 g/mol. The molecule has 1 amide bonds. The number of carbonyl (C=O) groups excluding carboxylic acids is 1. The summed E-state index contributed by atoms with van der Waals surface area (Å²) in [5.74, 6) is 1.58. The topological polar surface area (TPSA) is 58.1 Å². The van der Waals surface area contributed by atoms with Gasteiger partial charge in [0.05, 0.1) is 11.7 Å². The van der Waals surface area contributed by atoms with Crippen LogP contribution in [-0.2, 0) is 17.8 Å². The lowest BCUT2D eigenvalue weighted by atomic mass is 10.0. The fraction of sp³-hybridized carbons (Fsp3) is 0.688. The summed E-state index contributed by atoms with van der Waals surface area (Å²) >= 11 is 0. The van der Waals surface area contributed by atoms with E-state index in [2.05, 4.69) is 24.1 Å². The van der Waals surface area contributed by atoms with Crippen molar-refractivity contribution in [1.82, 2.24) is 20.2 Å². The van der Waals surface area contributed by atoms with Crippen molar-refractivity contribution in [2.45, 2.75) is 52.1 Å². The van der Waals surface area contributed by atoms with Crippen molar-refractivity contribution in [2.75, 3.05) is 13.1 Å². The number of aromatic nitrogens is 2. The molecule has 0 saturated carbocycles. The molecule has 2 aliphatic rings. The first-order chi connectivity index (χ1) is 10.1. The van der Waals surface area contributed by atoms with E-state index in [4.69, 9.17) is 4.98 Å². The highest BCUT2D eigenvalue weighted by atomic mass is 16.2. The van der Waals surface area contributed by atoms with E-state index in [-0.39, 0.29) is 5.91 Å². The molecule has 0 spiro atoms. The molecule has 1 aromatic heterocycles. The summed E-state index contributed by atoms with van der Waals surface area (Å²) in [7, 11) is 0. The Morgan fingerprint density at radius 3 is 3.10 bits per heavy atom. The standard InChI is InChI=1S/C16H24N4O/c1-11(2)8-15(21)20-7-5-13-12(10-20)9-18-16(19-13)14-4-3-6-17-14/h9,11,14,17H,3-8,10H2,1-2H3/t14-/m0/s1. The van der Waals surface area contributed by atoms with Gasteiger partial charge in [0.2, 0.25) is 5.91 Å². The van der Waals surface area contributed by atoms with Crippen LogP contribution in [0.15, 0.2) is 6.20 Å². The van der Waals surface area contributed by atoms with Gasteiger partial charge in [-0.3, -0.25) is 4.79 Å². The minimum atomic E-state index is 0.247. The fourth-order valence-electron chi connectivity index (χ4n) is 3.10. The van der Waals surface area contributed by atoms with Gasteiger partial charge in [0, 0.05) is 37.7 Å². The van der Waals surface area contributed by atoms with Gasteiger partial charge in [0.25, 0.3) is 0 Å². The second-order valence-corrected chi connectivity index (χ2v) is 6.51. The van der Waals surface area contributed by atoms with Crippen molar-refractivity contribution >= 4 is 5.91 Å². The zero-order chi connectivity index (χ0) is 14.8. The number of hydrogen-bond acceptors (Lipinski definition) is 4. The Morgan fingerprint density at radius 1 is 1.52 bits per heavy atom. The lowest BCUT2D eigenvalue weighted by Crippen LogP contribution is -2.37. The molecule has 0 aromatic carbocycles. The molecule has 1 aromatic rings. The average Bonchev–Trinajstić information content (AvgIpc) is 2.99. The quantitative estimate of drug-likeness (QED) is 0.922. The number of rotatable bonds is 3. The Bertz CT molecular complexity index is 523. The maximum absolute atomic E-state index is 12.2. The van der Waals surface area contributed by atoms with Crippen molar-refractivity contribution in [3.05, 3.63) is 23.3 Å². The van der Waals surface area contributed by atoms with Crippen LogP contribution in [0.4, 0.5) is 0 Å². The molecule has 3 rings (SSSR count). The summed E-state index contributed by atoms with van der Waals surface area (Å²) in [6.07, 6.45) is 5.72. The van der Waals surface area contributed by atoms with Crippen LogP contribution >= 0.6 is 0 Å². The molecule has 5 nitrogen and oxygen atoms in total. The van der Waals surface area contributed by atoms with Crippen LogP contribution in [0.1, 0.15) is 56.2 Å². The Hall–Kier alpha value is -1.49. The van der Waals surface area contributed by atoms with Crippen LogP contribution in [0.5, 0.6) is 0 Å². The smallest absolute Gasteiger partial charge is 0.223 e. The van der Waals surface area contributed by atoms with Crippen LogP contribution in [0, 0.1) is 5.92 Å². The van der Waals surface area contributed by atoms with Gasteiger partial charge in [0.15, 0.2) is 0 Å². The highest BCUT2D eigenvalue weighted by molar-refractivity contribution is 5.76. The minimum absolute atomic E-state index is 0.247. The van der Waals surface area contributed by atoms with Crippen molar-refractivity contribution in [1.29, 1.82) is 0 Å². The van der Waals surface area contributed by atoms with E-state index in [1.165, 1.54) is 6.42 Å². The van der Waals surface area contributed by atoms with Crippen molar-refractivity contribution in [3.63, 3.8) is 0 Å². The predicted molar refractivity (Wildman–Crippen MR) is 80.6 cm³/mol. The molecule has 1 fully saturated rings. The van der Waals surface area contributed by atoms with E-state index in [9.17, 15) is 4.79 Å². The predicted octanol–water partition coefficient (Wildman–Crippen LogP) is 1.83. The largest absolute Gasteiger partial charge is 0.338 e. The maximum Gasteiger partial charge on any atom is 0.223 e. The van der Waals surface area contributed by atoms with E-state index < -0.39 is 0 Å². The van der Waals surface area contributed by atoms with Crippen molar-refractivity contribution in [2.24, 2.45) is 5.92 Å². The third-order valence-electron chi connectivity index (χ3n) is 4.26. The van der Waals surface area contributed by atoms with Crippen LogP contribution < -0.4 is 5.32 Å². The van der Waals surface area contributed by atoms with E-state index >= 15 is 0 Å². The zero-order valence-corrected chi connectivity index (χ0v) is 12.9. The molecule has 3 heterocycles. The molecular formula is C16H24N4O. The molecule has 1 N–H and O–H groups in total. The van der Waals surface area contributed by atoms with E-state index in [1.807, 2.05) is 11.1 Å². The van der Waals surface area contributed by atoms with Gasteiger partial charge >= 0.3 is 0 Å². The van der Waals surface area contributed by atoms with Crippen LogP contribution in [0.2, 0.25) is 0 Å². The van der Waals surface area contributed by atoms with Gasteiger partial charge in [-0.2, -0.15) is 0 Å². The summed E-state index contributed by atoms with van der Waals surface area (Å²) in [5, 5.41) is 3.44. The summed E-state index contributed by atoms with van der Waals surface area (Å²) < 4.78 is 0. The van der Waals surface area contributed by atoms with Gasteiger partial charge in [-0.25, -0.2) is 9.97 Å². The van der Waals surface area contributed by atoms with E-state index in [0.717, 1.165) is 43.0 Å². The number of hydrogen-bond donors (Lipinski definition) is 1. The first-order valence-corrected chi connectivity index (χ1v) is 7.99. The average molecular weight is 288 g/mol. The first-order valence-electron chi connectivity index (χ1n) is 7.99. The Labute approximate surface area is 126 Å². The van der Waals surface area contributed by atoms with E-state index in [0.29, 0.717) is 24.9 Å². The molecule has 2 aliphatic heterocycles. The molecule has 0 aliphatic carbocycles. The van der Waals surface area contributed by atoms with E-state index in [1.54, 1.807) is 0 Å². The second kappa shape index (κ2) is 6.10. The maximum atomic E-state index is 12.2. The molecule has 0 bridgehead atoms. The molecule has 0 radical (unpaired) electrons. The SMILES string of the molecule is CC(C)CC(=O)N1CCc2nc([C@@H]3CCCN3)ncc2C1. The summed E-state index contributed by atoms with van der Waals surface area (Å²) in [5.41, 5.74) is 2.24. The highest BCUT2D eigenvalue weighted by Gasteiger charge is 2.25. The third kappa shape index (κ3) is 3.23.